The Hall–Kier alpha value is -2.77. The molecule has 1 aliphatic heterocycles. The molecule has 4 rings (SSSR count). The van der Waals surface area contributed by atoms with Crippen molar-refractivity contribution in [2.45, 2.75) is 18.5 Å². The second-order valence-corrected chi connectivity index (χ2v) is 8.22. The molecule has 0 radical (unpaired) electrons. The lowest BCUT2D eigenvalue weighted by Gasteiger charge is -2.28. The van der Waals surface area contributed by atoms with E-state index in [9.17, 15) is 4.79 Å². The summed E-state index contributed by atoms with van der Waals surface area (Å²) in [6, 6.07) is 18.2. The van der Waals surface area contributed by atoms with E-state index in [1.165, 1.54) is 17.3 Å². The number of amides is 1. The van der Waals surface area contributed by atoms with Crippen molar-refractivity contribution in [1.29, 1.82) is 0 Å². The number of nitrogens with one attached hydrogen (secondary N) is 2. The number of H-pyrrole nitrogens is 1. The van der Waals surface area contributed by atoms with Gasteiger partial charge in [-0.15, -0.1) is 0 Å². The molecule has 0 aliphatic carbocycles. The highest BCUT2D eigenvalue weighted by Crippen LogP contribution is 2.21. The predicted molar refractivity (Wildman–Crippen MR) is 121 cm³/mol. The molecule has 1 aliphatic rings. The maximum absolute atomic E-state index is 12.4. The lowest BCUT2D eigenvalue weighted by atomic mass is 10.1. The van der Waals surface area contributed by atoms with Crippen molar-refractivity contribution < 1.29 is 9.53 Å². The number of hydrogen-bond donors (Lipinski definition) is 2. The molecule has 1 saturated heterocycles. The van der Waals surface area contributed by atoms with Crippen LogP contribution in [0.1, 0.15) is 17.0 Å². The van der Waals surface area contributed by atoms with E-state index in [0.29, 0.717) is 5.75 Å². The summed E-state index contributed by atoms with van der Waals surface area (Å²) in [7, 11) is 0. The van der Waals surface area contributed by atoms with E-state index in [-0.39, 0.29) is 5.91 Å². The Kier molecular flexibility index (Phi) is 6.71. The molecule has 0 saturated carbocycles. The molecular weight excluding hydrogens is 396 g/mol. The van der Waals surface area contributed by atoms with Crippen molar-refractivity contribution >= 4 is 29.0 Å². The molecule has 0 atom stereocenters. The molecule has 2 N–H and O–H groups in total. The number of carbonyl (C=O) groups excluding carboxylic acids is 1. The quantitative estimate of drug-likeness (QED) is 0.566. The third-order valence-corrected chi connectivity index (χ3v) is 5.92. The summed E-state index contributed by atoms with van der Waals surface area (Å²) in [6.07, 6.45) is 0.783. The molecule has 1 aromatic heterocycles. The highest BCUT2D eigenvalue weighted by atomic mass is 32.2. The molecule has 7 heteroatoms. The minimum absolute atomic E-state index is 0.0437. The Morgan fingerprint density at radius 3 is 2.60 bits per heavy atom. The average Bonchev–Trinajstić information content (AvgIpc) is 3.13. The van der Waals surface area contributed by atoms with Crippen molar-refractivity contribution in [2.24, 2.45) is 0 Å². The summed E-state index contributed by atoms with van der Waals surface area (Å²) in [5, 5.41) is 3.73. The van der Waals surface area contributed by atoms with Crippen molar-refractivity contribution in [3.8, 4) is 0 Å². The van der Waals surface area contributed by atoms with Gasteiger partial charge in [-0.05, 0) is 36.8 Å². The van der Waals surface area contributed by atoms with Crippen LogP contribution in [0.3, 0.4) is 0 Å². The number of aryl methyl sites for hydroxylation is 1. The zero-order valence-electron chi connectivity index (χ0n) is 17.1. The molecule has 2 aromatic carbocycles. The highest BCUT2D eigenvalue weighted by Gasteiger charge is 2.12. The molecule has 1 amide bonds. The summed E-state index contributed by atoms with van der Waals surface area (Å²) < 4.78 is 5.39. The molecule has 1 fully saturated rings. The van der Waals surface area contributed by atoms with E-state index < -0.39 is 0 Å². The molecule has 6 nitrogen and oxygen atoms in total. The fourth-order valence-corrected chi connectivity index (χ4v) is 4.14. The molecule has 30 heavy (non-hydrogen) atoms. The Labute approximate surface area is 181 Å². The van der Waals surface area contributed by atoms with Gasteiger partial charge in [0, 0.05) is 36.6 Å². The van der Waals surface area contributed by atoms with E-state index in [2.05, 4.69) is 32.3 Å². The van der Waals surface area contributed by atoms with Gasteiger partial charge in [-0.25, -0.2) is 4.98 Å². The number of rotatable bonds is 7. The average molecular weight is 423 g/mol. The largest absolute Gasteiger partial charge is 0.378 e. The SMILES string of the molecule is Cc1[nH]c(SCC(=O)Nc2ccc(N3CCOCC3)cc2)nc1Cc1ccccc1. The third kappa shape index (κ3) is 5.43. The number of imidazole rings is 1. The van der Waals surface area contributed by atoms with Gasteiger partial charge in [-0.3, -0.25) is 4.79 Å². The number of carbonyl (C=O) groups is 1. The number of aromatic nitrogens is 2. The standard InChI is InChI=1S/C23H26N4O2S/c1-17-21(15-18-5-3-2-4-6-18)26-23(24-17)30-16-22(28)25-19-7-9-20(10-8-19)27-11-13-29-14-12-27/h2-10H,11-16H2,1H3,(H,24,26)(H,25,28). The lowest BCUT2D eigenvalue weighted by Crippen LogP contribution is -2.36. The van der Waals surface area contributed by atoms with E-state index in [4.69, 9.17) is 4.74 Å². The first-order valence-electron chi connectivity index (χ1n) is 10.1. The maximum atomic E-state index is 12.4. The fourth-order valence-electron chi connectivity index (χ4n) is 3.40. The molecule has 0 bridgehead atoms. The second-order valence-electron chi connectivity index (χ2n) is 7.26. The van der Waals surface area contributed by atoms with Crippen molar-refractivity contribution in [1.82, 2.24) is 9.97 Å². The monoisotopic (exact) mass is 422 g/mol. The van der Waals surface area contributed by atoms with Crippen LogP contribution in [-0.4, -0.2) is 47.9 Å². The highest BCUT2D eigenvalue weighted by molar-refractivity contribution is 7.99. The minimum Gasteiger partial charge on any atom is -0.378 e. The van der Waals surface area contributed by atoms with Crippen LogP contribution in [0, 0.1) is 6.92 Å². The summed E-state index contributed by atoms with van der Waals surface area (Å²) in [5.41, 5.74) is 5.24. The number of nitrogens with zero attached hydrogens (tertiary/aromatic N) is 2. The molecule has 3 aromatic rings. The van der Waals surface area contributed by atoms with E-state index >= 15 is 0 Å². The topological polar surface area (TPSA) is 70.2 Å². The smallest absolute Gasteiger partial charge is 0.234 e. The first-order valence-corrected chi connectivity index (χ1v) is 11.1. The van der Waals surface area contributed by atoms with Crippen LogP contribution >= 0.6 is 11.8 Å². The van der Waals surface area contributed by atoms with Crippen LogP contribution in [0.25, 0.3) is 0 Å². The van der Waals surface area contributed by atoms with Crippen LogP contribution in [-0.2, 0) is 16.0 Å². The van der Waals surface area contributed by atoms with E-state index in [0.717, 1.165) is 60.6 Å². The Morgan fingerprint density at radius 2 is 1.87 bits per heavy atom. The third-order valence-electron chi connectivity index (χ3n) is 5.05. The van der Waals surface area contributed by atoms with Gasteiger partial charge in [0.05, 0.1) is 24.7 Å². The molecule has 0 spiro atoms. The molecular formula is C23H26N4O2S. The van der Waals surface area contributed by atoms with Gasteiger partial charge in [-0.2, -0.15) is 0 Å². The normalized spacial score (nSPS) is 14.0. The Morgan fingerprint density at radius 1 is 1.13 bits per heavy atom. The maximum Gasteiger partial charge on any atom is 0.234 e. The van der Waals surface area contributed by atoms with Gasteiger partial charge in [0.25, 0.3) is 0 Å². The molecule has 0 unspecified atom stereocenters. The number of benzene rings is 2. The summed E-state index contributed by atoms with van der Waals surface area (Å²) >= 11 is 1.42. The molecule has 156 valence electrons. The minimum atomic E-state index is -0.0437. The summed E-state index contributed by atoms with van der Waals surface area (Å²) in [6.45, 7) is 5.34. The van der Waals surface area contributed by atoms with Crippen LogP contribution in [0.4, 0.5) is 11.4 Å². The first-order chi connectivity index (χ1) is 14.7. The van der Waals surface area contributed by atoms with E-state index in [1.807, 2.05) is 49.4 Å². The van der Waals surface area contributed by atoms with Crippen molar-refractivity contribution in [3.63, 3.8) is 0 Å². The zero-order valence-corrected chi connectivity index (χ0v) is 17.9. The molecule has 2 heterocycles. The van der Waals surface area contributed by atoms with Gasteiger partial charge in [-0.1, -0.05) is 42.1 Å². The number of thioether (sulfide) groups is 1. The number of anilines is 2. The van der Waals surface area contributed by atoms with Gasteiger partial charge >= 0.3 is 0 Å². The predicted octanol–water partition coefficient (Wildman–Crippen LogP) is 3.88. The van der Waals surface area contributed by atoms with Crippen LogP contribution in [0.2, 0.25) is 0 Å². The second kappa shape index (κ2) is 9.82. The number of morpholine rings is 1. The van der Waals surface area contributed by atoms with Crippen LogP contribution in [0.5, 0.6) is 0 Å². The lowest BCUT2D eigenvalue weighted by molar-refractivity contribution is -0.113. The van der Waals surface area contributed by atoms with Crippen LogP contribution in [0.15, 0.2) is 59.8 Å². The van der Waals surface area contributed by atoms with E-state index in [1.54, 1.807) is 0 Å². The number of hydrogen-bond acceptors (Lipinski definition) is 5. The van der Waals surface area contributed by atoms with Gasteiger partial charge in [0.15, 0.2) is 5.16 Å². The van der Waals surface area contributed by atoms with Gasteiger partial charge in [0.1, 0.15) is 0 Å². The summed E-state index contributed by atoms with van der Waals surface area (Å²) in [4.78, 5) is 22.6. The van der Waals surface area contributed by atoms with Gasteiger partial charge in [0.2, 0.25) is 5.91 Å². The van der Waals surface area contributed by atoms with Gasteiger partial charge < -0.3 is 19.9 Å². The van der Waals surface area contributed by atoms with Crippen LogP contribution < -0.4 is 10.2 Å². The Balaban J connectivity index is 1.28. The Bertz CT molecular complexity index is 967. The fraction of sp³-hybridized carbons (Fsp3) is 0.304. The summed E-state index contributed by atoms with van der Waals surface area (Å²) in [5.74, 6) is 0.265. The first kappa shape index (κ1) is 20.5. The van der Waals surface area contributed by atoms with Crippen molar-refractivity contribution in [2.75, 3.05) is 42.3 Å². The number of ether oxygens (including phenoxy) is 1. The zero-order chi connectivity index (χ0) is 20.8. The van der Waals surface area contributed by atoms with Crippen molar-refractivity contribution in [3.05, 3.63) is 71.5 Å². The number of aromatic amines is 1.